The van der Waals surface area contributed by atoms with Crippen LogP contribution in [-0.4, -0.2) is 29.1 Å². The molecule has 5 heteroatoms. The van der Waals surface area contributed by atoms with Gasteiger partial charge in [0.2, 0.25) is 0 Å². The van der Waals surface area contributed by atoms with E-state index in [2.05, 4.69) is 32.3 Å². The minimum atomic E-state index is -0.644. The number of carbonyl (C=O) groups is 1. The van der Waals surface area contributed by atoms with Gasteiger partial charge in [-0.25, -0.2) is 0 Å². The molecule has 2 heterocycles. The van der Waals surface area contributed by atoms with E-state index in [0.29, 0.717) is 13.0 Å². The highest BCUT2D eigenvalue weighted by Gasteiger charge is 2.42. The van der Waals surface area contributed by atoms with Crippen LogP contribution >= 0.6 is 27.3 Å². The SMILES string of the molecule is CCC1(C(=O)O)CCN(Cc2csc(Br)c2)C1. The average Bonchev–Trinajstić information content (AvgIpc) is 2.87. The Kier molecular flexibility index (Phi) is 3.90. The van der Waals surface area contributed by atoms with Crippen molar-refractivity contribution in [1.82, 2.24) is 4.90 Å². The highest BCUT2D eigenvalue weighted by molar-refractivity contribution is 9.11. The zero-order valence-electron chi connectivity index (χ0n) is 9.78. The molecule has 17 heavy (non-hydrogen) atoms. The number of rotatable bonds is 4. The van der Waals surface area contributed by atoms with Gasteiger partial charge in [0.1, 0.15) is 0 Å². The first-order valence-electron chi connectivity index (χ1n) is 5.74. The maximum atomic E-state index is 11.3. The molecule has 0 saturated carbocycles. The van der Waals surface area contributed by atoms with Crippen LogP contribution in [0.15, 0.2) is 15.2 Å². The summed E-state index contributed by atoms with van der Waals surface area (Å²) < 4.78 is 1.13. The maximum Gasteiger partial charge on any atom is 0.310 e. The number of carboxylic acid groups (broad SMARTS) is 1. The lowest BCUT2D eigenvalue weighted by Crippen LogP contribution is -2.33. The van der Waals surface area contributed by atoms with E-state index in [1.54, 1.807) is 11.3 Å². The van der Waals surface area contributed by atoms with Gasteiger partial charge in [-0.1, -0.05) is 6.92 Å². The number of halogens is 1. The summed E-state index contributed by atoms with van der Waals surface area (Å²) >= 11 is 5.12. The van der Waals surface area contributed by atoms with Gasteiger partial charge in [0.15, 0.2) is 0 Å². The Morgan fingerprint density at radius 1 is 1.71 bits per heavy atom. The predicted octanol–water partition coefficient (Wildman–Crippen LogP) is 3.20. The van der Waals surface area contributed by atoms with Gasteiger partial charge in [-0.2, -0.15) is 0 Å². The topological polar surface area (TPSA) is 40.5 Å². The van der Waals surface area contributed by atoms with E-state index in [1.807, 2.05) is 6.92 Å². The van der Waals surface area contributed by atoms with Gasteiger partial charge < -0.3 is 5.11 Å². The van der Waals surface area contributed by atoms with Crippen molar-refractivity contribution >= 4 is 33.2 Å². The minimum absolute atomic E-state index is 0.521. The van der Waals surface area contributed by atoms with Crippen molar-refractivity contribution in [2.75, 3.05) is 13.1 Å². The summed E-state index contributed by atoms with van der Waals surface area (Å²) in [6.07, 6.45) is 1.48. The molecule has 0 aliphatic carbocycles. The van der Waals surface area contributed by atoms with Crippen molar-refractivity contribution in [3.63, 3.8) is 0 Å². The molecule has 1 fully saturated rings. The third-order valence-corrected chi connectivity index (χ3v) is 5.14. The van der Waals surface area contributed by atoms with Gasteiger partial charge in [0.05, 0.1) is 9.20 Å². The molecule has 1 aromatic heterocycles. The minimum Gasteiger partial charge on any atom is -0.481 e. The molecule has 1 saturated heterocycles. The van der Waals surface area contributed by atoms with E-state index in [1.165, 1.54) is 5.56 Å². The van der Waals surface area contributed by atoms with Gasteiger partial charge in [-0.3, -0.25) is 9.69 Å². The zero-order chi connectivity index (χ0) is 12.5. The fraction of sp³-hybridized carbons (Fsp3) is 0.583. The second-order valence-corrected chi connectivity index (χ2v) is 6.95. The van der Waals surface area contributed by atoms with Crippen LogP contribution in [0.1, 0.15) is 25.3 Å². The summed E-state index contributed by atoms with van der Waals surface area (Å²) in [4.78, 5) is 13.6. The molecule has 0 aromatic carbocycles. The van der Waals surface area contributed by atoms with E-state index in [9.17, 15) is 9.90 Å². The zero-order valence-corrected chi connectivity index (χ0v) is 12.2. The van der Waals surface area contributed by atoms with Crippen LogP contribution in [0.5, 0.6) is 0 Å². The third-order valence-electron chi connectivity index (χ3n) is 3.59. The van der Waals surface area contributed by atoms with Crippen LogP contribution in [0.25, 0.3) is 0 Å². The van der Waals surface area contributed by atoms with Crippen LogP contribution < -0.4 is 0 Å². The largest absolute Gasteiger partial charge is 0.481 e. The third kappa shape index (κ3) is 2.72. The molecular formula is C12H16BrNO2S. The van der Waals surface area contributed by atoms with Gasteiger partial charge in [-0.05, 0) is 52.3 Å². The highest BCUT2D eigenvalue weighted by atomic mass is 79.9. The average molecular weight is 318 g/mol. The lowest BCUT2D eigenvalue weighted by Gasteiger charge is -2.22. The van der Waals surface area contributed by atoms with Crippen molar-refractivity contribution in [2.45, 2.75) is 26.3 Å². The standard InChI is InChI=1S/C12H16BrNO2S/c1-2-12(11(15)16)3-4-14(8-12)6-9-5-10(13)17-7-9/h5,7H,2-4,6,8H2,1H3,(H,15,16). The highest BCUT2D eigenvalue weighted by Crippen LogP contribution is 2.35. The molecule has 3 nitrogen and oxygen atoms in total. The number of likely N-dealkylation sites (tertiary alicyclic amines) is 1. The van der Waals surface area contributed by atoms with Crippen molar-refractivity contribution in [2.24, 2.45) is 5.41 Å². The first kappa shape index (κ1) is 13.1. The van der Waals surface area contributed by atoms with E-state index in [4.69, 9.17) is 0 Å². The monoisotopic (exact) mass is 317 g/mol. The van der Waals surface area contributed by atoms with Crippen LogP contribution in [0.2, 0.25) is 0 Å². The summed E-state index contributed by atoms with van der Waals surface area (Å²) in [5, 5.41) is 11.4. The van der Waals surface area contributed by atoms with Crippen LogP contribution in [0.4, 0.5) is 0 Å². The normalized spacial score (nSPS) is 25.3. The second-order valence-electron chi connectivity index (χ2n) is 4.66. The van der Waals surface area contributed by atoms with E-state index in [-0.39, 0.29) is 0 Å². The molecule has 1 atom stereocenters. The fourth-order valence-corrected chi connectivity index (χ4v) is 3.59. The maximum absolute atomic E-state index is 11.3. The Morgan fingerprint density at radius 2 is 2.47 bits per heavy atom. The molecule has 94 valence electrons. The summed E-state index contributed by atoms with van der Waals surface area (Å²) in [6, 6.07) is 2.11. The molecule has 0 amide bonds. The Balaban J connectivity index is 2.00. The molecule has 0 spiro atoms. The molecule has 2 rings (SSSR count). The molecular weight excluding hydrogens is 302 g/mol. The van der Waals surface area contributed by atoms with Gasteiger partial charge in [0.25, 0.3) is 0 Å². The van der Waals surface area contributed by atoms with Crippen molar-refractivity contribution in [3.8, 4) is 0 Å². The molecule has 0 radical (unpaired) electrons. The van der Waals surface area contributed by atoms with Gasteiger partial charge in [0, 0.05) is 13.1 Å². The smallest absolute Gasteiger partial charge is 0.310 e. The molecule has 1 unspecified atom stereocenters. The lowest BCUT2D eigenvalue weighted by atomic mass is 9.84. The number of nitrogens with zero attached hydrogens (tertiary/aromatic N) is 1. The number of aliphatic carboxylic acids is 1. The van der Waals surface area contributed by atoms with Crippen LogP contribution in [-0.2, 0) is 11.3 Å². The van der Waals surface area contributed by atoms with Crippen molar-refractivity contribution < 1.29 is 9.90 Å². The Hall–Kier alpha value is -0.390. The van der Waals surface area contributed by atoms with E-state index in [0.717, 1.165) is 23.3 Å². The molecule has 1 aliphatic heterocycles. The Bertz CT molecular complexity index is 420. The summed E-state index contributed by atoms with van der Waals surface area (Å²) in [5.74, 6) is -0.644. The van der Waals surface area contributed by atoms with E-state index < -0.39 is 11.4 Å². The van der Waals surface area contributed by atoms with Crippen LogP contribution in [0, 0.1) is 5.41 Å². The van der Waals surface area contributed by atoms with Crippen molar-refractivity contribution in [3.05, 3.63) is 20.8 Å². The first-order chi connectivity index (χ1) is 8.05. The lowest BCUT2D eigenvalue weighted by molar-refractivity contribution is -0.148. The summed E-state index contributed by atoms with van der Waals surface area (Å²) in [7, 11) is 0. The molecule has 1 aliphatic rings. The number of thiophene rings is 1. The molecule has 1 N–H and O–H groups in total. The first-order valence-corrected chi connectivity index (χ1v) is 7.42. The predicted molar refractivity (Wildman–Crippen MR) is 72.3 cm³/mol. The molecule has 1 aromatic rings. The number of hydrogen-bond donors (Lipinski definition) is 1. The summed E-state index contributed by atoms with van der Waals surface area (Å²) in [6.45, 7) is 4.38. The van der Waals surface area contributed by atoms with Crippen molar-refractivity contribution in [1.29, 1.82) is 0 Å². The van der Waals surface area contributed by atoms with Gasteiger partial charge >= 0.3 is 5.97 Å². The van der Waals surface area contributed by atoms with Gasteiger partial charge in [-0.15, -0.1) is 11.3 Å². The number of carboxylic acids is 1. The Labute approximate surface area is 114 Å². The molecule has 0 bridgehead atoms. The second kappa shape index (κ2) is 5.08. The number of hydrogen-bond acceptors (Lipinski definition) is 3. The Morgan fingerprint density at radius 3 is 2.94 bits per heavy atom. The fourth-order valence-electron chi connectivity index (χ4n) is 2.39. The van der Waals surface area contributed by atoms with E-state index >= 15 is 0 Å². The summed E-state index contributed by atoms with van der Waals surface area (Å²) in [5.41, 5.74) is 0.743. The van der Waals surface area contributed by atoms with Crippen LogP contribution in [0.3, 0.4) is 0 Å². The quantitative estimate of drug-likeness (QED) is 0.927.